The number of nitrogens with zero attached hydrogens (tertiary/aromatic N) is 5. The van der Waals surface area contributed by atoms with Crippen LogP contribution in [0.5, 0.6) is 0 Å². The maximum Gasteiger partial charge on any atom is 0.490 e. The number of aliphatic carboxylic acids is 2. The summed E-state index contributed by atoms with van der Waals surface area (Å²) in [5.74, 6) is -4.82. The number of carbonyl (C=O) groups is 4. The van der Waals surface area contributed by atoms with Crippen molar-refractivity contribution in [3.63, 3.8) is 0 Å². The molecule has 0 atom stereocenters. The minimum Gasteiger partial charge on any atom is -0.475 e. The van der Waals surface area contributed by atoms with Gasteiger partial charge >= 0.3 is 24.3 Å². The highest BCUT2D eigenvalue weighted by atomic mass is 19.4. The van der Waals surface area contributed by atoms with Crippen molar-refractivity contribution in [2.45, 2.75) is 38.9 Å². The van der Waals surface area contributed by atoms with E-state index in [1.807, 2.05) is 0 Å². The first-order valence-corrected chi connectivity index (χ1v) is 11.0. The number of alkyl halides is 6. The first-order chi connectivity index (χ1) is 17.4. The normalized spacial score (nSPS) is 16.3. The molecule has 0 saturated carbocycles. The molecule has 12 nitrogen and oxygen atoms in total. The average molecular weight is 562 g/mol. The summed E-state index contributed by atoms with van der Waals surface area (Å²) in [4.78, 5) is 52.1. The Hall–Kier alpha value is -3.41. The molecule has 2 aliphatic heterocycles. The Morgan fingerprint density at radius 1 is 0.921 bits per heavy atom. The molecule has 0 aliphatic carbocycles. The number of fused-ring (bicyclic) bond motifs is 1. The lowest BCUT2D eigenvalue weighted by molar-refractivity contribution is -0.193. The van der Waals surface area contributed by atoms with Gasteiger partial charge in [-0.2, -0.15) is 26.3 Å². The Morgan fingerprint density at radius 2 is 1.42 bits per heavy atom. The van der Waals surface area contributed by atoms with Crippen LogP contribution < -0.4 is 5.32 Å². The summed E-state index contributed by atoms with van der Waals surface area (Å²) < 4.78 is 65.6. The van der Waals surface area contributed by atoms with Gasteiger partial charge in [-0.25, -0.2) is 14.6 Å². The van der Waals surface area contributed by atoms with E-state index in [0.29, 0.717) is 13.1 Å². The Bertz CT molecular complexity index is 951. The van der Waals surface area contributed by atoms with Gasteiger partial charge < -0.3 is 29.9 Å². The lowest BCUT2D eigenvalue weighted by Gasteiger charge is -2.31. The number of amides is 2. The third-order valence-electron chi connectivity index (χ3n) is 5.16. The monoisotopic (exact) mass is 562 g/mol. The maximum atomic E-state index is 12.1. The highest BCUT2D eigenvalue weighted by molar-refractivity contribution is 5.83. The zero-order chi connectivity index (χ0) is 29.3. The number of carboxylic acids is 2. The Balaban J connectivity index is 0.000000426. The van der Waals surface area contributed by atoms with E-state index in [2.05, 4.69) is 32.9 Å². The Labute approximate surface area is 212 Å². The molecule has 0 spiro atoms. The number of hydrogen-bond donors (Lipinski definition) is 3. The molecule has 2 amide bonds. The fraction of sp³-hybridized carbons (Fsp3) is 0.650. The molecule has 38 heavy (non-hydrogen) atoms. The molecule has 3 N–H and O–H groups in total. The van der Waals surface area contributed by atoms with Crippen LogP contribution in [0.4, 0.5) is 26.3 Å². The van der Waals surface area contributed by atoms with E-state index in [-0.39, 0.29) is 18.4 Å². The Morgan fingerprint density at radius 3 is 1.87 bits per heavy atom. The molecule has 0 unspecified atom stereocenters. The number of piperazine rings is 1. The SMILES string of the molecule is CC(=O)NCC(=O)N1CCn2cc(CN3CCN(C)CC3)nc2C1.O=C(O)C(F)(F)F.O=C(O)C(F)(F)F. The van der Waals surface area contributed by atoms with Crippen LogP contribution in [0.25, 0.3) is 0 Å². The average Bonchev–Trinajstić information content (AvgIpc) is 3.20. The van der Waals surface area contributed by atoms with E-state index in [4.69, 9.17) is 24.8 Å². The molecule has 3 rings (SSSR count). The van der Waals surface area contributed by atoms with Crippen LogP contribution in [0.2, 0.25) is 0 Å². The number of aromatic nitrogens is 2. The number of likely N-dealkylation sites (N-methyl/N-ethyl adjacent to an activating group) is 1. The summed E-state index contributed by atoms with van der Waals surface area (Å²) >= 11 is 0. The molecule has 3 heterocycles. The van der Waals surface area contributed by atoms with Gasteiger partial charge in [0, 0.05) is 58.9 Å². The summed E-state index contributed by atoms with van der Waals surface area (Å²) in [6, 6.07) is 0. The van der Waals surface area contributed by atoms with Gasteiger partial charge in [-0.05, 0) is 7.05 Å². The quantitative estimate of drug-likeness (QED) is 0.443. The van der Waals surface area contributed by atoms with E-state index in [9.17, 15) is 35.9 Å². The van der Waals surface area contributed by atoms with Crippen molar-refractivity contribution < 1.29 is 55.7 Å². The molecule has 216 valence electrons. The van der Waals surface area contributed by atoms with Gasteiger partial charge in [0.1, 0.15) is 5.82 Å². The highest BCUT2D eigenvalue weighted by Gasteiger charge is 2.38. The summed E-state index contributed by atoms with van der Waals surface area (Å²) in [5, 5.41) is 16.8. The Kier molecular flexibility index (Phi) is 12.0. The molecular formula is C20H28F6N6O6. The summed E-state index contributed by atoms with van der Waals surface area (Å²) in [6.45, 7) is 8.62. The van der Waals surface area contributed by atoms with Gasteiger partial charge in [0.2, 0.25) is 11.8 Å². The third kappa shape index (κ3) is 11.8. The molecule has 2 aliphatic rings. The van der Waals surface area contributed by atoms with Crippen molar-refractivity contribution in [3.8, 4) is 0 Å². The zero-order valence-corrected chi connectivity index (χ0v) is 20.5. The van der Waals surface area contributed by atoms with E-state index >= 15 is 0 Å². The van der Waals surface area contributed by atoms with Crippen LogP contribution in [-0.4, -0.2) is 117 Å². The molecule has 0 radical (unpaired) electrons. The van der Waals surface area contributed by atoms with Crippen molar-refractivity contribution in [1.29, 1.82) is 0 Å². The van der Waals surface area contributed by atoms with E-state index in [1.165, 1.54) is 6.92 Å². The number of hydrogen-bond acceptors (Lipinski definition) is 7. The number of nitrogens with one attached hydrogen (secondary N) is 1. The first kappa shape index (κ1) is 32.6. The van der Waals surface area contributed by atoms with E-state index in [0.717, 1.165) is 50.8 Å². The zero-order valence-electron chi connectivity index (χ0n) is 20.5. The summed E-state index contributed by atoms with van der Waals surface area (Å²) in [5.41, 5.74) is 1.07. The smallest absolute Gasteiger partial charge is 0.475 e. The topological polar surface area (TPSA) is 148 Å². The minimum atomic E-state index is -5.08. The number of halogens is 6. The van der Waals surface area contributed by atoms with Gasteiger partial charge in [0.25, 0.3) is 0 Å². The molecule has 18 heteroatoms. The van der Waals surface area contributed by atoms with Crippen molar-refractivity contribution >= 4 is 23.8 Å². The number of rotatable bonds is 4. The molecule has 1 aromatic rings. The van der Waals surface area contributed by atoms with Gasteiger partial charge in [-0.1, -0.05) is 0 Å². The van der Waals surface area contributed by atoms with Crippen molar-refractivity contribution in [3.05, 3.63) is 17.7 Å². The summed E-state index contributed by atoms with van der Waals surface area (Å²) in [6.07, 6.45) is -8.05. The third-order valence-corrected chi connectivity index (χ3v) is 5.16. The molecule has 0 bridgehead atoms. The first-order valence-electron chi connectivity index (χ1n) is 11.0. The number of carbonyl (C=O) groups excluding carboxylic acids is 2. The largest absolute Gasteiger partial charge is 0.490 e. The minimum absolute atomic E-state index is 0.0555. The van der Waals surface area contributed by atoms with Crippen LogP contribution in [0.3, 0.4) is 0 Å². The predicted octanol–water partition coefficient (Wildman–Crippen LogP) is 0.375. The maximum absolute atomic E-state index is 12.1. The highest BCUT2D eigenvalue weighted by Crippen LogP contribution is 2.15. The van der Waals surface area contributed by atoms with Crippen LogP contribution in [0, 0.1) is 0 Å². The molecule has 1 fully saturated rings. The second-order valence-electron chi connectivity index (χ2n) is 8.25. The molecule has 1 saturated heterocycles. The second-order valence-corrected chi connectivity index (χ2v) is 8.25. The number of carboxylic acid groups (broad SMARTS) is 2. The van der Waals surface area contributed by atoms with Crippen molar-refractivity contribution in [2.24, 2.45) is 0 Å². The van der Waals surface area contributed by atoms with Gasteiger partial charge in [-0.15, -0.1) is 0 Å². The van der Waals surface area contributed by atoms with Crippen LogP contribution in [0.15, 0.2) is 6.20 Å². The fourth-order valence-electron chi connectivity index (χ4n) is 3.15. The van der Waals surface area contributed by atoms with Gasteiger partial charge in [0.15, 0.2) is 0 Å². The molecule has 1 aromatic heterocycles. The predicted molar refractivity (Wildman–Crippen MR) is 116 cm³/mol. The van der Waals surface area contributed by atoms with E-state index < -0.39 is 24.3 Å². The van der Waals surface area contributed by atoms with Gasteiger partial charge in [0.05, 0.1) is 18.8 Å². The van der Waals surface area contributed by atoms with E-state index in [1.54, 1.807) is 4.90 Å². The summed E-state index contributed by atoms with van der Waals surface area (Å²) in [7, 11) is 2.15. The van der Waals surface area contributed by atoms with Crippen LogP contribution in [-0.2, 0) is 38.8 Å². The molecular weight excluding hydrogens is 534 g/mol. The lowest BCUT2D eigenvalue weighted by Crippen LogP contribution is -2.43. The standard InChI is InChI=1S/C16H26N6O2.2C2HF3O2/c1-13(23)17-9-16(24)22-8-7-21-11-14(18-15(21)12-22)10-20-5-3-19(2)4-6-20;2*3-2(4,5)1(6)7/h11H,3-10,12H2,1-2H3,(H,17,23);2*(H,6,7). The fourth-order valence-corrected chi connectivity index (χ4v) is 3.15. The molecule has 0 aromatic carbocycles. The lowest BCUT2D eigenvalue weighted by atomic mass is 10.3. The second kappa shape index (κ2) is 13.9. The van der Waals surface area contributed by atoms with Crippen molar-refractivity contribution in [1.82, 2.24) is 29.6 Å². The van der Waals surface area contributed by atoms with Crippen LogP contribution >= 0.6 is 0 Å². The van der Waals surface area contributed by atoms with Gasteiger partial charge in [-0.3, -0.25) is 14.5 Å². The van der Waals surface area contributed by atoms with Crippen molar-refractivity contribution in [2.75, 3.05) is 46.3 Å². The van der Waals surface area contributed by atoms with Crippen LogP contribution in [0.1, 0.15) is 18.4 Å². The number of imidazole rings is 1.